The highest BCUT2D eigenvalue weighted by atomic mass is 16.7. The third-order valence-electron chi connectivity index (χ3n) is 5.26. The van der Waals surface area contributed by atoms with Crippen molar-refractivity contribution in [3.63, 3.8) is 0 Å². The molecule has 0 spiro atoms. The van der Waals surface area contributed by atoms with E-state index < -0.39 is 11.5 Å². The Labute approximate surface area is 157 Å². The van der Waals surface area contributed by atoms with Crippen LogP contribution in [0, 0.1) is 5.41 Å². The number of para-hydroxylation sites is 1. The van der Waals surface area contributed by atoms with Crippen LogP contribution in [0.4, 0.5) is 0 Å². The first-order valence-electron chi connectivity index (χ1n) is 8.92. The minimum absolute atomic E-state index is 0.0392. The van der Waals surface area contributed by atoms with Crippen LogP contribution in [-0.2, 0) is 4.84 Å². The molecule has 4 heteroatoms. The maximum atomic E-state index is 13.8. The molecule has 0 N–H and O–H groups in total. The number of hydrogen-bond donors (Lipinski definition) is 0. The Hall–Kier alpha value is -3.40. The molecule has 0 saturated heterocycles. The predicted molar refractivity (Wildman–Crippen MR) is 102 cm³/mol. The van der Waals surface area contributed by atoms with E-state index in [-0.39, 0.29) is 12.4 Å². The molecule has 2 unspecified atom stereocenters. The second-order valence-corrected chi connectivity index (χ2v) is 6.78. The average molecular weight is 355 g/mol. The number of hydrogen-bond acceptors (Lipinski definition) is 4. The molecule has 27 heavy (non-hydrogen) atoms. The zero-order valence-corrected chi connectivity index (χ0v) is 14.5. The molecule has 132 valence electrons. The first kappa shape index (κ1) is 15.8. The Kier molecular flexibility index (Phi) is 3.57. The van der Waals surface area contributed by atoms with Crippen molar-refractivity contribution in [1.82, 2.24) is 0 Å². The Balaban J connectivity index is 1.70. The third kappa shape index (κ3) is 2.30. The normalized spacial score (nSPS) is 22.7. The summed E-state index contributed by atoms with van der Waals surface area (Å²) in [5, 5.41) is 4.38. The number of fused-ring (bicyclic) bond motifs is 3. The second-order valence-electron chi connectivity index (χ2n) is 6.78. The third-order valence-corrected chi connectivity index (χ3v) is 5.26. The highest BCUT2D eigenvalue weighted by Crippen LogP contribution is 2.52. The van der Waals surface area contributed by atoms with Gasteiger partial charge in [0.2, 0.25) is 0 Å². The molecule has 0 radical (unpaired) electrons. The number of carbonyl (C=O) groups excluding carboxylic acids is 1. The smallest absolute Gasteiger partial charge is 0.182 e. The standard InChI is InChI=1S/C23H17NO3/c25-21(17-11-5-2-6-12-17)23-15-26-19-14-8-7-13-18(19)22(23)27-24-20(23)16-9-3-1-4-10-16/h1-14,22H,15H2. The lowest BCUT2D eigenvalue weighted by Gasteiger charge is -2.37. The fraction of sp³-hybridized carbons (Fsp3) is 0.130. The van der Waals surface area contributed by atoms with E-state index in [2.05, 4.69) is 5.16 Å². The number of rotatable bonds is 3. The average Bonchev–Trinajstić information content (AvgIpc) is 3.15. The molecule has 0 aliphatic carbocycles. The van der Waals surface area contributed by atoms with Gasteiger partial charge in [0.1, 0.15) is 18.1 Å². The molecule has 0 fully saturated rings. The quantitative estimate of drug-likeness (QED) is 0.653. The summed E-state index contributed by atoms with van der Waals surface area (Å²) in [6.07, 6.45) is -0.509. The molecule has 3 aromatic rings. The molecule has 3 aromatic carbocycles. The fourth-order valence-corrected chi connectivity index (χ4v) is 3.93. The van der Waals surface area contributed by atoms with Gasteiger partial charge < -0.3 is 9.57 Å². The molecule has 0 aromatic heterocycles. The van der Waals surface area contributed by atoms with E-state index in [9.17, 15) is 4.79 Å². The van der Waals surface area contributed by atoms with E-state index >= 15 is 0 Å². The van der Waals surface area contributed by atoms with Crippen molar-refractivity contribution in [3.05, 3.63) is 102 Å². The lowest BCUT2D eigenvalue weighted by atomic mass is 9.68. The SMILES string of the molecule is O=C(c1ccccc1)C12COc3ccccc3C1ON=C2c1ccccc1. The maximum absolute atomic E-state index is 13.8. The van der Waals surface area contributed by atoms with Gasteiger partial charge in [-0.2, -0.15) is 0 Å². The van der Waals surface area contributed by atoms with Gasteiger partial charge in [0.25, 0.3) is 0 Å². The molecule has 5 rings (SSSR count). The largest absolute Gasteiger partial charge is 0.492 e. The van der Waals surface area contributed by atoms with E-state index in [1.54, 1.807) is 0 Å². The van der Waals surface area contributed by atoms with Gasteiger partial charge in [0, 0.05) is 16.7 Å². The molecule has 0 bridgehead atoms. The minimum Gasteiger partial charge on any atom is -0.492 e. The van der Waals surface area contributed by atoms with Crippen molar-refractivity contribution in [1.29, 1.82) is 0 Å². The van der Waals surface area contributed by atoms with Gasteiger partial charge in [0.15, 0.2) is 17.3 Å². The molecular weight excluding hydrogens is 338 g/mol. The lowest BCUT2D eigenvalue weighted by Crippen LogP contribution is -2.49. The monoisotopic (exact) mass is 355 g/mol. The minimum atomic E-state index is -1.02. The van der Waals surface area contributed by atoms with Crippen molar-refractivity contribution >= 4 is 11.5 Å². The number of nitrogens with zero attached hydrogens (tertiary/aromatic N) is 1. The zero-order chi connectivity index (χ0) is 18.3. The van der Waals surface area contributed by atoms with Gasteiger partial charge in [-0.3, -0.25) is 4.79 Å². The van der Waals surface area contributed by atoms with Crippen LogP contribution in [0.1, 0.15) is 27.6 Å². The van der Waals surface area contributed by atoms with Crippen LogP contribution in [0.2, 0.25) is 0 Å². The van der Waals surface area contributed by atoms with Crippen molar-refractivity contribution in [2.45, 2.75) is 6.10 Å². The molecule has 0 saturated carbocycles. The van der Waals surface area contributed by atoms with Gasteiger partial charge in [-0.1, -0.05) is 84.0 Å². The number of carbonyl (C=O) groups is 1. The van der Waals surface area contributed by atoms with E-state index in [0.29, 0.717) is 11.3 Å². The number of benzene rings is 3. The van der Waals surface area contributed by atoms with Crippen LogP contribution in [0.3, 0.4) is 0 Å². The summed E-state index contributed by atoms with van der Waals surface area (Å²) in [6, 6.07) is 26.7. The summed E-state index contributed by atoms with van der Waals surface area (Å²) in [4.78, 5) is 19.6. The summed E-state index contributed by atoms with van der Waals surface area (Å²) in [5.41, 5.74) is 1.95. The molecule has 4 nitrogen and oxygen atoms in total. The van der Waals surface area contributed by atoms with E-state index in [0.717, 1.165) is 16.9 Å². The van der Waals surface area contributed by atoms with Gasteiger partial charge in [-0.25, -0.2) is 0 Å². The van der Waals surface area contributed by atoms with E-state index in [1.165, 1.54) is 0 Å². The number of ether oxygens (including phenoxy) is 1. The number of Topliss-reactive ketones (excluding diaryl/α,β-unsaturated/α-hetero) is 1. The summed E-state index contributed by atoms with van der Waals surface area (Å²) in [6.45, 7) is 0.191. The first-order valence-corrected chi connectivity index (χ1v) is 8.92. The van der Waals surface area contributed by atoms with Crippen LogP contribution in [0.25, 0.3) is 0 Å². The summed E-state index contributed by atoms with van der Waals surface area (Å²) in [5.74, 6) is 0.700. The topological polar surface area (TPSA) is 47.9 Å². The molecule has 0 amide bonds. The Morgan fingerprint density at radius 1 is 0.889 bits per heavy atom. The van der Waals surface area contributed by atoms with Crippen LogP contribution < -0.4 is 4.74 Å². The number of ketones is 1. The van der Waals surface area contributed by atoms with Crippen molar-refractivity contribution < 1.29 is 14.4 Å². The van der Waals surface area contributed by atoms with Crippen LogP contribution >= 0.6 is 0 Å². The van der Waals surface area contributed by atoms with E-state index in [4.69, 9.17) is 9.57 Å². The molecule has 2 heterocycles. The van der Waals surface area contributed by atoms with Crippen LogP contribution in [-0.4, -0.2) is 18.1 Å². The fourth-order valence-electron chi connectivity index (χ4n) is 3.93. The summed E-state index contributed by atoms with van der Waals surface area (Å²) in [7, 11) is 0. The lowest BCUT2D eigenvalue weighted by molar-refractivity contribution is -0.00619. The van der Waals surface area contributed by atoms with Gasteiger partial charge in [-0.05, 0) is 6.07 Å². The molecule has 2 aliphatic rings. The summed E-state index contributed by atoms with van der Waals surface area (Å²) >= 11 is 0. The highest BCUT2D eigenvalue weighted by molar-refractivity contribution is 6.23. The van der Waals surface area contributed by atoms with Gasteiger partial charge in [0.05, 0.1) is 0 Å². The molecular formula is C23H17NO3. The van der Waals surface area contributed by atoms with E-state index in [1.807, 2.05) is 84.9 Å². The van der Waals surface area contributed by atoms with Crippen LogP contribution in [0.15, 0.2) is 90.1 Å². The zero-order valence-electron chi connectivity index (χ0n) is 14.5. The van der Waals surface area contributed by atoms with Gasteiger partial charge >= 0.3 is 0 Å². The van der Waals surface area contributed by atoms with Crippen molar-refractivity contribution in [2.75, 3.05) is 6.61 Å². The maximum Gasteiger partial charge on any atom is 0.182 e. The molecule has 2 aliphatic heterocycles. The number of oxime groups is 1. The first-order chi connectivity index (χ1) is 13.3. The predicted octanol–water partition coefficient (Wildman–Crippen LogP) is 4.42. The van der Waals surface area contributed by atoms with Crippen molar-refractivity contribution in [3.8, 4) is 5.75 Å². The Morgan fingerprint density at radius 3 is 2.33 bits per heavy atom. The molecule has 2 atom stereocenters. The Bertz CT molecular complexity index is 1030. The van der Waals surface area contributed by atoms with Crippen molar-refractivity contribution in [2.24, 2.45) is 10.6 Å². The Morgan fingerprint density at radius 2 is 1.56 bits per heavy atom. The van der Waals surface area contributed by atoms with Gasteiger partial charge in [-0.15, -0.1) is 0 Å². The second kappa shape index (κ2) is 6.09. The van der Waals surface area contributed by atoms with Crippen LogP contribution in [0.5, 0.6) is 5.75 Å². The highest BCUT2D eigenvalue weighted by Gasteiger charge is 2.60. The summed E-state index contributed by atoms with van der Waals surface area (Å²) < 4.78 is 6.05.